The summed E-state index contributed by atoms with van der Waals surface area (Å²) < 4.78 is 2.09. The minimum atomic E-state index is -0.121. The van der Waals surface area contributed by atoms with E-state index in [0.29, 0.717) is 0 Å². The molecule has 0 bridgehead atoms. The van der Waals surface area contributed by atoms with Crippen molar-refractivity contribution in [3.63, 3.8) is 0 Å². The smallest absolute Gasteiger partial charge is 0.169 e. The molecule has 0 fully saturated rings. The molecule has 0 radical (unpaired) electrons. The Bertz CT molecular complexity index is 1290. The fourth-order valence-corrected chi connectivity index (χ4v) is 4.35. The molecule has 0 aliphatic rings. The molecule has 0 unspecified atom stereocenters. The van der Waals surface area contributed by atoms with Crippen molar-refractivity contribution in [3.05, 3.63) is 76.9 Å². The average Bonchev–Trinajstić information content (AvgIpc) is 3.16. The molecule has 0 saturated heterocycles. The van der Waals surface area contributed by atoms with Crippen molar-refractivity contribution < 1.29 is 0 Å². The summed E-state index contributed by atoms with van der Waals surface area (Å²) in [5.41, 5.74) is 7.79. The molecule has 34 heavy (non-hydrogen) atoms. The first-order valence-electron chi connectivity index (χ1n) is 11.8. The van der Waals surface area contributed by atoms with E-state index in [1.54, 1.807) is 0 Å². The molecule has 0 aliphatic carbocycles. The van der Waals surface area contributed by atoms with Crippen LogP contribution in [0.5, 0.6) is 0 Å². The molecule has 0 spiro atoms. The molecule has 0 saturated carbocycles. The van der Waals surface area contributed by atoms with Gasteiger partial charge in [-0.15, -0.1) is 10.2 Å². The minimum Gasteiger partial charge on any atom is -0.272 e. The second-order valence-corrected chi connectivity index (χ2v) is 11.3. The predicted molar refractivity (Wildman–Crippen MR) is 139 cm³/mol. The van der Waals surface area contributed by atoms with E-state index in [0.717, 1.165) is 34.3 Å². The van der Waals surface area contributed by atoms with Gasteiger partial charge in [0.1, 0.15) is 5.82 Å². The van der Waals surface area contributed by atoms with Gasteiger partial charge in [0.2, 0.25) is 0 Å². The average molecular weight is 454 g/mol. The van der Waals surface area contributed by atoms with Gasteiger partial charge < -0.3 is 0 Å². The fraction of sp³-hybridized carbons (Fsp3) is 0.379. The van der Waals surface area contributed by atoms with Gasteiger partial charge in [-0.1, -0.05) is 83.5 Å². The number of hydrogen-bond donors (Lipinski definition) is 0. The molecule has 4 aromatic rings. The van der Waals surface area contributed by atoms with E-state index in [9.17, 15) is 0 Å². The van der Waals surface area contributed by atoms with Crippen molar-refractivity contribution in [2.45, 2.75) is 73.1 Å². The highest BCUT2D eigenvalue weighted by Crippen LogP contribution is 2.33. The van der Waals surface area contributed by atoms with E-state index in [1.165, 1.54) is 22.3 Å². The maximum Gasteiger partial charge on any atom is 0.169 e. The van der Waals surface area contributed by atoms with Crippen molar-refractivity contribution in [2.75, 3.05) is 0 Å². The van der Waals surface area contributed by atoms with Gasteiger partial charge in [0.05, 0.1) is 18.1 Å². The van der Waals surface area contributed by atoms with E-state index >= 15 is 0 Å². The van der Waals surface area contributed by atoms with E-state index in [1.807, 2.05) is 12.4 Å². The number of aryl methyl sites for hydroxylation is 3. The van der Waals surface area contributed by atoms with Crippen LogP contribution in [0.15, 0.2) is 48.8 Å². The van der Waals surface area contributed by atoms with Crippen molar-refractivity contribution in [1.82, 2.24) is 24.7 Å². The maximum absolute atomic E-state index is 4.69. The molecular weight excluding hydrogens is 418 g/mol. The Morgan fingerprint density at radius 2 is 1.21 bits per heavy atom. The maximum atomic E-state index is 4.69. The molecule has 5 heteroatoms. The first-order chi connectivity index (χ1) is 15.9. The van der Waals surface area contributed by atoms with Crippen LogP contribution in [0.1, 0.15) is 69.6 Å². The van der Waals surface area contributed by atoms with Crippen molar-refractivity contribution >= 4 is 0 Å². The second kappa shape index (κ2) is 8.46. The number of nitrogens with zero attached hydrogens (tertiary/aromatic N) is 5. The Balaban J connectivity index is 1.94. The monoisotopic (exact) mass is 453 g/mol. The standard InChI is InChI=1S/C29H35N5/c1-18-14-19(2)24(20(3)15-18)26-33-32-25(21-10-12-22(13-11-21)28(4,5)6)34(26)23-16-30-27(31-17-23)29(7,8)9/h10-17H,1-9H3. The van der Waals surface area contributed by atoms with Crippen LogP contribution in [-0.4, -0.2) is 24.7 Å². The molecular formula is C29H35N5. The summed E-state index contributed by atoms with van der Waals surface area (Å²) in [6, 6.07) is 13.0. The van der Waals surface area contributed by atoms with Gasteiger partial charge in [-0.2, -0.15) is 0 Å². The Morgan fingerprint density at radius 3 is 1.71 bits per heavy atom. The molecule has 2 aromatic carbocycles. The van der Waals surface area contributed by atoms with Crippen LogP contribution in [0.4, 0.5) is 0 Å². The highest BCUT2D eigenvalue weighted by atomic mass is 15.3. The molecule has 2 heterocycles. The molecule has 0 N–H and O–H groups in total. The lowest BCUT2D eigenvalue weighted by atomic mass is 9.86. The van der Waals surface area contributed by atoms with Crippen LogP contribution in [0, 0.1) is 20.8 Å². The van der Waals surface area contributed by atoms with E-state index < -0.39 is 0 Å². The molecule has 0 aliphatic heterocycles. The molecule has 2 aromatic heterocycles. The van der Waals surface area contributed by atoms with Gasteiger partial charge in [-0.25, -0.2) is 9.97 Å². The highest BCUT2D eigenvalue weighted by Gasteiger charge is 2.23. The minimum absolute atomic E-state index is 0.0874. The zero-order chi connectivity index (χ0) is 24.8. The molecule has 0 amide bonds. The van der Waals surface area contributed by atoms with Gasteiger partial charge in [0.25, 0.3) is 0 Å². The second-order valence-electron chi connectivity index (χ2n) is 11.3. The fourth-order valence-electron chi connectivity index (χ4n) is 4.35. The number of hydrogen-bond acceptors (Lipinski definition) is 4. The summed E-state index contributed by atoms with van der Waals surface area (Å²) in [7, 11) is 0. The van der Waals surface area contributed by atoms with Crippen LogP contribution in [0.2, 0.25) is 0 Å². The third kappa shape index (κ3) is 4.52. The lowest BCUT2D eigenvalue weighted by Crippen LogP contribution is -2.16. The highest BCUT2D eigenvalue weighted by molar-refractivity contribution is 5.71. The van der Waals surface area contributed by atoms with Crippen molar-refractivity contribution in [3.8, 4) is 28.5 Å². The van der Waals surface area contributed by atoms with Gasteiger partial charge >= 0.3 is 0 Å². The number of benzene rings is 2. The van der Waals surface area contributed by atoms with E-state index in [4.69, 9.17) is 15.1 Å². The summed E-state index contributed by atoms with van der Waals surface area (Å²) >= 11 is 0. The van der Waals surface area contributed by atoms with E-state index in [-0.39, 0.29) is 10.8 Å². The first kappa shape index (κ1) is 23.8. The van der Waals surface area contributed by atoms with Gasteiger partial charge in [-0.3, -0.25) is 4.57 Å². The summed E-state index contributed by atoms with van der Waals surface area (Å²) in [5.74, 6) is 2.39. The SMILES string of the molecule is Cc1cc(C)c(-c2nnc(-c3ccc(C(C)(C)C)cc3)n2-c2cnc(C(C)(C)C)nc2)c(C)c1. The largest absolute Gasteiger partial charge is 0.272 e. The van der Waals surface area contributed by atoms with Crippen LogP contribution in [0.25, 0.3) is 28.5 Å². The Morgan fingerprint density at radius 1 is 0.676 bits per heavy atom. The first-order valence-corrected chi connectivity index (χ1v) is 11.8. The summed E-state index contributed by atoms with van der Waals surface area (Å²) in [6.45, 7) is 19.4. The quantitative estimate of drug-likeness (QED) is 0.338. The van der Waals surface area contributed by atoms with Gasteiger partial charge in [0.15, 0.2) is 11.6 Å². The number of rotatable bonds is 3. The van der Waals surface area contributed by atoms with Crippen LogP contribution in [0.3, 0.4) is 0 Å². The Kier molecular flexibility index (Phi) is 5.92. The van der Waals surface area contributed by atoms with Gasteiger partial charge in [0, 0.05) is 16.5 Å². The zero-order valence-electron chi connectivity index (χ0n) is 21.9. The molecule has 5 nitrogen and oxygen atoms in total. The Labute approximate surface area is 203 Å². The zero-order valence-corrected chi connectivity index (χ0v) is 21.9. The summed E-state index contributed by atoms with van der Waals surface area (Å²) in [4.78, 5) is 9.39. The lowest BCUT2D eigenvalue weighted by molar-refractivity contribution is 0.544. The molecule has 176 valence electrons. The molecule has 0 atom stereocenters. The summed E-state index contributed by atoms with van der Waals surface area (Å²) in [6.07, 6.45) is 3.76. The van der Waals surface area contributed by atoms with Crippen molar-refractivity contribution in [1.29, 1.82) is 0 Å². The Hall–Kier alpha value is -3.34. The van der Waals surface area contributed by atoms with E-state index in [2.05, 4.69) is 108 Å². The summed E-state index contributed by atoms with van der Waals surface area (Å²) in [5, 5.41) is 9.35. The topological polar surface area (TPSA) is 56.5 Å². The van der Waals surface area contributed by atoms with Crippen LogP contribution in [-0.2, 0) is 10.8 Å². The van der Waals surface area contributed by atoms with Gasteiger partial charge in [-0.05, 0) is 42.9 Å². The van der Waals surface area contributed by atoms with Crippen LogP contribution < -0.4 is 0 Å². The molecule has 4 rings (SSSR count). The predicted octanol–water partition coefficient (Wildman–Crippen LogP) is 6.91. The van der Waals surface area contributed by atoms with Crippen LogP contribution >= 0.6 is 0 Å². The normalized spacial score (nSPS) is 12.3. The third-order valence-corrected chi connectivity index (χ3v) is 6.14. The number of aromatic nitrogens is 5. The lowest BCUT2D eigenvalue weighted by Gasteiger charge is -2.19. The third-order valence-electron chi connectivity index (χ3n) is 6.14. The van der Waals surface area contributed by atoms with Crippen molar-refractivity contribution in [2.24, 2.45) is 0 Å².